The molecule has 6 nitrogen and oxygen atoms in total. The maximum absolute atomic E-state index is 15.0. The zero-order valence-corrected chi connectivity index (χ0v) is 18.2. The lowest BCUT2D eigenvalue weighted by atomic mass is 10.1. The maximum Gasteiger partial charge on any atom is 0.314 e. The first kappa shape index (κ1) is 22.2. The van der Waals surface area contributed by atoms with Gasteiger partial charge < -0.3 is 19.1 Å². The van der Waals surface area contributed by atoms with Crippen LogP contribution in [0, 0.1) is 5.82 Å². The van der Waals surface area contributed by atoms with Crippen molar-refractivity contribution in [1.29, 1.82) is 0 Å². The minimum atomic E-state index is -2.88. The largest absolute Gasteiger partial charge is 0.415 e. The lowest BCUT2D eigenvalue weighted by Crippen LogP contribution is -2.51. The van der Waals surface area contributed by atoms with Gasteiger partial charge in [-0.1, -0.05) is 24.3 Å². The molecule has 168 valence electrons. The Hall–Kier alpha value is -2.98. The molecular weight excluding hydrogens is 439 g/mol. The molecule has 1 aliphatic rings. The monoisotopic (exact) mass is 461 g/mol. The van der Waals surface area contributed by atoms with E-state index in [-0.39, 0.29) is 18.0 Å². The smallest absolute Gasteiger partial charge is 0.314 e. The molecule has 0 amide bonds. The van der Waals surface area contributed by atoms with Crippen molar-refractivity contribution in [2.75, 3.05) is 38.1 Å². The molecule has 0 atom stereocenters. The molecule has 1 saturated heterocycles. The van der Waals surface area contributed by atoms with Crippen molar-refractivity contribution in [3.63, 3.8) is 0 Å². The van der Waals surface area contributed by atoms with E-state index in [1.807, 2.05) is 35.2 Å². The minimum Gasteiger partial charge on any atom is -0.415 e. The maximum atomic E-state index is 15.0. The van der Waals surface area contributed by atoms with E-state index in [1.54, 1.807) is 12.1 Å². The number of hydrogen-bond acceptors (Lipinski definition) is 5. The van der Waals surface area contributed by atoms with Gasteiger partial charge in [0.05, 0.1) is 6.54 Å². The van der Waals surface area contributed by atoms with E-state index in [1.165, 1.54) is 6.07 Å². The van der Waals surface area contributed by atoms with Crippen LogP contribution in [-0.4, -0.2) is 58.3 Å². The fraction of sp³-hybridized carbons (Fsp3) is 0.318. The highest BCUT2D eigenvalue weighted by Gasteiger charge is 2.24. The minimum absolute atomic E-state index is 0.154. The van der Waals surface area contributed by atoms with Crippen molar-refractivity contribution in [2.24, 2.45) is 0 Å². The number of hydrogen-bond donors (Lipinski definition) is 0. The standard InChI is InChI=1S/C22H22F3N5OS/c1-28-9-11-29(12-10-28)22(32)30(17-5-3-2-4-6-17)14-16-8-7-15(13-18(16)23)20-26-27-21(31-20)19(24)25/h2-8,13,19H,9-12,14H2,1H3. The first-order chi connectivity index (χ1) is 15.4. The van der Waals surface area contributed by atoms with Gasteiger partial charge >= 0.3 is 6.43 Å². The van der Waals surface area contributed by atoms with Crippen LogP contribution in [0.4, 0.5) is 18.9 Å². The van der Waals surface area contributed by atoms with E-state index in [0.29, 0.717) is 10.7 Å². The van der Waals surface area contributed by atoms with Gasteiger partial charge in [0.2, 0.25) is 5.89 Å². The van der Waals surface area contributed by atoms with Crippen molar-refractivity contribution in [3.05, 3.63) is 65.8 Å². The number of piperazine rings is 1. The molecule has 1 fully saturated rings. The number of para-hydroxylation sites is 1. The molecule has 10 heteroatoms. The van der Waals surface area contributed by atoms with Crippen molar-refractivity contribution in [2.45, 2.75) is 13.0 Å². The van der Waals surface area contributed by atoms with E-state index in [0.717, 1.165) is 31.9 Å². The van der Waals surface area contributed by atoms with Crippen LogP contribution in [0.25, 0.3) is 11.5 Å². The number of benzene rings is 2. The highest BCUT2D eigenvalue weighted by Crippen LogP contribution is 2.26. The summed E-state index contributed by atoms with van der Waals surface area (Å²) in [6, 6.07) is 13.9. The molecule has 1 aromatic heterocycles. The van der Waals surface area contributed by atoms with Crippen molar-refractivity contribution in [3.8, 4) is 11.5 Å². The zero-order chi connectivity index (χ0) is 22.7. The molecule has 0 spiro atoms. The third-order valence-corrected chi connectivity index (χ3v) is 5.81. The predicted octanol–water partition coefficient (Wildman–Crippen LogP) is 4.35. The molecule has 2 heterocycles. The van der Waals surface area contributed by atoms with Gasteiger partial charge in [-0.05, 0) is 43.5 Å². The highest BCUT2D eigenvalue weighted by atomic mass is 32.1. The Bertz CT molecular complexity index is 1070. The number of nitrogens with zero attached hydrogens (tertiary/aromatic N) is 5. The van der Waals surface area contributed by atoms with E-state index in [4.69, 9.17) is 16.6 Å². The Morgan fingerprint density at radius 1 is 1.09 bits per heavy atom. The van der Waals surface area contributed by atoms with Crippen LogP contribution in [0.15, 0.2) is 52.9 Å². The van der Waals surface area contributed by atoms with E-state index in [9.17, 15) is 8.78 Å². The number of aromatic nitrogens is 2. The van der Waals surface area contributed by atoms with Gasteiger partial charge in [-0.2, -0.15) is 8.78 Å². The Labute approximate surface area is 189 Å². The van der Waals surface area contributed by atoms with Crippen LogP contribution in [0.5, 0.6) is 0 Å². The second-order valence-electron chi connectivity index (χ2n) is 7.55. The van der Waals surface area contributed by atoms with Gasteiger partial charge in [-0.3, -0.25) is 0 Å². The summed E-state index contributed by atoms with van der Waals surface area (Å²) in [7, 11) is 2.07. The molecule has 4 rings (SSSR count). The van der Waals surface area contributed by atoms with Crippen LogP contribution in [0.3, 0.4) is 0 Å². The Balaban J connectivity index is 1.58. The third-order valence-electron chi connectivity index (χ3n) is 5.33. The van der Waals surface area contributed by atoms with Crippen molar-refractivity contribution < 1.29 is 17.6 Å². The SMILES string of the molecule is CN1CCN(C(=S)N(Cc2ccc(-c3nnc(C(F)F)o3)cc2F)c2ccccc2)CC1. The normalized spacial score (nSPS) is 14.7. The van der Waals surface area contributed by atoms with Gasteiger partial charge in [-0.25, -0.2) is 4.39 Å². The quantitative estimate of drug-likeness (QED) is 0.524. The lowest BCUT2D eigenvalue weighted by Gasteiger charge is -2.38. The molecule has 0 radical (unpaired) electrons. The van der Waals surface area contributed by atoms with E-state index < -0.39 is 18.1 Å². The van der Waals surface area contributed by atoms with Gasteiger partial charge in [0.25, 0.3) is 5.89 Å². The molecule has 1 aliphatic heterocycles. The van der Waals surface area contributed by atoms with Crippen LogP contribution >= 0.6 is 12.2 Å². The molecule has 0 N–H and O–H groups in total. The van der Waals surface area contributed by atoms with Gasteiger partial charge in [0.15, 0.2) is 5.11 Å². The predicted molar refractivity (Wildman–Crippen MR) is 119 cm³/mol. The lowest BCUT2D eigenvalue weighted by molar-refractivity contribution is 0.116. The second kappa shape index (κ2) is 9.66. The summed E-state index contributed by atoms with van der Waals surface area (Å²) in [5, 5.41) is 7.50. The summed E-state index contributed by atoms with van der Waals surface area (Å²) in [6.07, 6.45) is -2.88. The van der Waals surface area contributed by atoms with Crippen molar-refractivity contribution >= 4 is 23.0 Å². The third kappa shape index (κ3) is 4.91. The molecule has 0 unspecified atom stereocenters. The topological polar surface area (TPSA) is 48.6 Å². The average molecular weight is 462 g/mol. The highest BCUT2D eigenvalue weighted by molar-refractivity contribution is 7.80. The summed E-state index contributed by atoms with van der Waals surface area (Å²) in [6.45, 7) is 3.61. The molecule has 0 bridgehead atoms. The first-order valence-corrected chi connectivity index (χ1v) is 10.5. The Kier molecular flexibility index (Phi) is 6.71. The van der Waals surface area contributed by atoms with Crippen LogP contribution in [0.1, 0.15) is 17.9 Å². The number of thiocarbonyl (C=S) groups is 1. The summed E-state index contributed by atoms with van der Waals surface area (Å²) in [4.78, 5) is 6.26. The number of alkyl halides is 2. The molecular formula is C22H22F3N5OS. The average Bonchev–Trinajstić information content (AvgIpc) is 3.30. The Morgan fingerprint density at radius 2 is 1.81 bits per heavy atom. The summed E-state index contributed by atoms with van der Waals surface area (Å²) in [5.41, 5.74) is 1.50. The van der Waals surface area contributed by atoms with Gasteiger partial charge in [0, 0.05) is 43.0 Å². The zero-order valence-electron chi connectivity index (χ0n) is 17.4. The van der Waals surface area contributed by atoms with Crippen molar-refractivity contribution in [1.82, 2.24) is 20.0 Å². The van der Waals surface area contributed by atoms with Crippen LogP contribution < -0.4 is 4.90 Å². The molecule has 3 aromatic rings. The number of rotatable bonds is 5. The van der Waals surface area contributed by atoms with Crippen LogP contribution in [-0.2, 0) is 6.54 Å². The van der Waals surface area contributed by atoms with E-state index in [2.05, 4.69) is 27.0 Å². The molecule has 0 aliphatic carbocycles. The fourth-order valence-corrected chi connectivity index (χ4v) is 3.82. The second-order valence-corrected chi connectivity index (χ2v) is 7.91. The van der Waals surface area contributed by atoms with Gasteiger partial charge in [0.1, 0.15) is 5.82 Å². The van der Waals surface area contributed by atoms with E-state index >= 15 is 4.39 Å². The molecule has 0 saturated carbocycles. The summed E-state index contributed by atoms with van der Waals surface area (Å²) < 4.78 is 45.3. The van der Waals surface area contributed by atoms with Gasteiger partial charge in [-0.15, -0.1) is 10.2 Å². The summed E-state index contributed by atoms with van der Waals surface area (Å²) in [5.74, 6) is -1.46. The van der Waals surface area contributed by atoms with Crippen LogP contribution in [0.2, 0.25) is 0 Å². The number of halogens is 3. The Morgan fingerprint density at radius 3 is 2.44 bits per heavy atom. The molecule has 2 aromatic carbocycles. The number of likely N-dealkylation sites (N-methyl/N-ethyl adjacent to an activating group) is 1. The molecule has 32 heavy (non-hydrogen) atoms. The number of anilines is 1. The fourth-order valence-electron chi connectivity index (χ4n) is 3.46. The first-order valence-electron chi connectivity index (χ1n) is 10.1. The summed E-state index contributed by atoms with van der Waals surface area (Å²) >= 11 is 5.79.